The van der Waals surface area contributed by atoms with Crippen molar-refractivity contribution in [2.75, 3.05) is 0 Å². The van der Waals surface area contributed by atoms with Gasteiger partial charge in [0, 0.05) is 11.1 Å². The maximum atomic E-state index is 13.8. The Hall–Kier alpha value is -0.860. The number of pyridine rings is 1. The van der Waals surface area contributed by atoms with Crippen molar-refractivity contribution in [3.05, 3.63) is 39.3 Å². The summed E-state index contributed by atoms with van der Waals surface area (Å²) in [6.07, 6.45) is 0.716. The highest BCUT2D eigenvalue weighted by Gasteiger charge is 2.13. The first-order valence-electron chi connectivity index (χ1n) is 4.99. The van der Waals surface area contributed by atoms with E-state index in [2.05, 4.69) is 4.98 Å². The molecule has 0 saturated carbocycles. The second-order valence-corrected chi connectivity index (χ2v) is 4.39. The number of nitrogens with zero attached hydrogens (tertiary/aromatic N) is 1. The highest BCUT2D eigenvalue weighted by Crippen LogP contribution is 2.31. The molecule has 2 rings (SSSR count). The number of aryl methyl sites for hydroxylation is 1. The molecule has 1 aromatic heterocycles. The van der Waals surface area contributed by atoms with E-state index in [4.69, 9.17) is 23.2 Å². The van der Waals surface area contributed by atoms with Gasteiger partial charge in [0.15, 0.2) is 5.82 Å². The number of fused-ring (bicyclic) bond motifs is 1. The second kappa shape index (κ2) is 4.19. The van der Waals surface area contributed by atoms with Gasteiger partial charge in [-0.05, 0) is 31.0 Å². The molecule has 4 heteroatoms. The Balaban J connectivity index is 2.93. The third-order valence-corrected chi connectivity index (χ3v) is 3.43. The molecule has 0 bridgehead atoms. The summed E-state index contributed by atoms with van der Waals surface area (Å²) < 4.78 is 13.8. The number of benzene rings is 1. The molecule has 0 radical (unpaired) electrons. The van der Waals surface area contributed by atoms with Crippen LogP contribution in [0.1, 0.15) is 18.2 Å². The van der Waals surface area contributed by atoms with Gasteiger partial charge < -0.3 is 0 Å². The predicted octanol–water partition coefficient (Wildman–Crippen LogP) is 4.55. The summed E-state index contributed by atoms with van der Waals surface area (Å²) in [5.74, 6) is -0.504. The Morgan fingerprint density at radius 1 is 1.31 bits per heavy atom. The second-order valence-electron chi connectivity index (χ2n) is 3.61. The molecular weight excluding hydrogens is 248 g/mol. The Bertz CT molecular complexity index is 567. The van der Waals surface area contributed by atoms with Gasteiger partial charge in [-0.3, -0.25) is 0 Å². The molecule has 0 aliphatic heterocycles. The summed E-state index contributed by atoms with van der Waals surface area (Å²) >= 11 is 11.9. The molecule has 1 aromatic carbocycles. The van der Waals surface area contributed by atoms with Crippen LogP contribution >= 0.6 is 23.2 Å². The number of halogens is 3. The van der Waals surface area contributed by atoms with Crippen molar-refractivity contribution in [2.45, 2.75) is 20.3 Å². The van der Waals surface area contributed by atoms with Gasteiger partial charge in [-0.25, -0.2) is 9.37 Å². The minimum Gasteiger partial charge on any atom is -0.249 e. The lowest BCUT2D eigenvalue weighted by Gasteiger charge is -2.09. The standard InChI is InChI=1S/C12H10Cl2FN/c1-3-9-6(2)10(14)7-4-5-8(13)11(15)12(7)16-9/h4-5H,3H2,1-2H3. The summed E-state index contributed by atoms with van der Waals surface area (Å²) in [4.78, 5) is 4.27. The van der Waals surface area contributed by atoms with E-state index in [1.54, 1.807) is 6.07 Å². The molecule has 0 amide bonds. The van der Waals surface area contributed by atoms with Gasteiger partial charge in [0.05, 0.1) is 10.0 Å². The molecule has 16 heavy (non-hydrogen) atoms. The summed E-state index contributed by atoms with van der Waals surface area (Å²) in [6, 6.07) is 3.19. The fourth-order valence-electron chi connectivity index (χ4n) is 1.72. The molecule has 0 spiro atoms. The lowest BCUT2D eigenvalue weighted by Crippen LogP contribution is -1.97. The average Bonchev–Trinajstić information content (AvgIpc) is 2.28. The first kappa shape index (κ1) is 11.6. The molecule has 0 fully saturated rings. The van der Waals surface area contributed by atoms with E-state index in [-0.39, 0.29) is 10.5 Å². The third kappa shape index (κ3) is 1.66. The molecule has 0 saturated heterocycles. The van der Waals surface area contributed by atoms with Gasteiger partial charge in [-0.15, -0.1) is 0 Å². The van der Waals surface area contributed by atoms with Crippen LogP contribution in [0.4, 0.5) is 4.39 Å². The quantitative estimate of drug-likeness (QED) is 0.731. The molecule has 0 atom stereocenters. The normalized spacial score (nSPS) is 11.1. The summed E-state index contributed by atoms with van der Waals surface area (Å²) in [5, 5.41) is 1.23. The minimum atomic E-state index is -0.504. The highest BCUT2D eigenvalue weighted by atomic mass is 35.5. The van der Waals surface area contributed by atoms with Gasteiger partial charge >= 0.3 is 0 Å². The molecule has 0 aliphatic rings. The van der Waals surface area contributed by atoms with Crippen molar-refractivity contribution in [2.24, 2.45) is 0 Å². The Kier molecular flexibility index (Phi) is 3.04. The van der Waals surface area contributed by atoms with E-state index in [1.165, 1.54) is 6.07 Å². The topological polar surface area (TPSA) is 12.9 Å². The van der Waals surface area contributed by atoms with Crippen LogP contribution in [0.3, 0.4) is 0 Å². The van der Waals surface area contributed by atoms with Crippen LogP contribution in [-0.4, -0.2) is 4.98 Å². The lowest BCUT2D eigenvalue weighted by molar-refractivity contribution is 0.636. The minimum absolute atomic E-state index is 0.0713. The highest BCUT2D eigenvalue weighted by molar-refractivity contribution is 6.37. The van der Waals surface area contributed by atoms with Crippen molar-refractivity contribution in [3.63, 3.8) is 0 Å². The predicted molar refractivity (Wildman–Crippen MR) is 65.8 cm³/mol. The first-order valence-corrected chi connectivity index (χ1v) is 5.74. The van der Waals surface area contributed by atoms with Gasteiger partial charge in [-0.2, -0.15) is 0 Å². The number of hydrogen-bond donors (Lipinski definition) is 0. The molecule has 0 unspecified atom stereocenters. The molecule has 1 nitrogen and oxygen atoms in total. The van der Waals surface area contributed by atoms with Gasteiger partial charge in [0.2, 0.25) is 0 Å². The fourth-order valence-corrected chi connectivity index (χ4v) is 2.13. The van der Waals surface area contributed by atoms with Crippen LogP contribution in [0.15, 0.2) is 12.1 Å². The van der Waals surface area contributed by atoms with Crippen LogP contribution in [0.5, 0.6) is 0 Å². The molecule has 0 N–H and O–H groups in total. The van der Waals surface area contributed by atoms with E-state index < -0.39 is 5.82 Å². The van der Waals surface area contributed by atoms with Gasteiger partial charge in [0.25, 0.3) is 0 Å². The molecule has 1 heterocycles. The van der Waals surface area contributed by atoms with Crippen molar-refractivity contribution < 1.29 is 4.39 Å². The van der Waals surface area contributed by atoms with E-state index in [9.17, 15) is 4.39 Å². The fraction of sp³-hybridized carbons (Fsp3) is 0.250. The zero-order chi connectivity index (χ0) is 11.9. The van der Waals surface area contributed by atoms with Crippen LogP contribution in [0, 0.1) is 12.7 Å². The largest absolute Gasteiger partial charge is 0.249 e. The summed E-state index contributed by atoms with van der Waals surface area (Å²) in [7, 11) is 0. The van der Waals surface area contributed by atoms with Crippen LogP contribution in [0.25, 0.3) is 10.9 Å². The molecular formula is C12H10Cl2FN. The SMILES string of the molecule is CCc1nc2c(F)c(Cl)ccc2c(Cl)c1C. The zero-order valence-electron chi connectivity index (χ0n) is 8.94. The van der Waals surface area contributed by atoms with Gasteiger partial charge in [-0.1, -0.05) is 30.1 Å². The van der Waals surface area contributed by atoms with E-state index in [1.807, 2.05) is 13.8 Å². The van der Waals surface area contributed by atoms with E-state index >= 15 is 0 Å². The van der Waals surface area contributed by atoms with E-state index in [0.29, 0.717) is 16.8 Å². The van der Waals surface area contributed by atoms with Gasteiger partial charge in [0.1, 0.15) is 5.52 Å². The van der Waals surface area contributed by atoms with Crippen LogP contribution < -0.4 is 0 Å². The zero-order valence-corrected chi connectivity index (χ0v) is 10.5. The lowest BCUT2D eigenvalue weighted by atomic mass is 10.1. The maximum Gasteiger partial charge on any atom is 0.168 e. The number of aromatic nitrogens is 1. The number of hydrogen-bond acceptors (Lipinski definition) is 1. The summed E-state index contributed by atoms with van der Waals surface area (Å²) in [5.41, 5.74) is 1.96. The number of rotatable bonds is 1. The van der Waals surface area contributed by atoms with Crippen molar-refractivity contribution in [1.29, 1.82) is 0 Å². The van der Waals surface area contributed by atoms with Crippen molar-refractivity contribution >= 4 is 34.1 Å². The summed E-state index contributed by atoms with van der Waals surface area (Å²) in [6.45, 7) is 3.85. The Labute approximate surface area is 103 Å². The van der Waals surface area contributed by atoms with E-state index in [0.717, 1.165) is 11.3 Å². The third-order valence-electron chi connectivity index (χ3n) is 2.65. The average molecular weight is 258 g/mol. The van der Waals surface area contributed by atoms with Crippen LogP contribution in [0.2, 0.25) is 10.0 Å². The molecule has 0 aliphatic carbocycles. The van der Waals surface area contributed by atoms with Crippen molar-refractivity contribution in [1.82, 2.24) is 4.98 Å². The molecule has 84 valence electrons. The van der Waals surface area contributed by atoms with Crippen LogP contribution in [-0.2, 0) is 6.42 Å². The molecule has 2 aromatic rings. The monoisotopic (exact) mass is 257 g/mol. The maximum absolute atomic E-state index is 13.8. The smallest absolute Gasteiger partial charge is 0.168 e. The first-order chi connectivity index (χ1) is 7.56. The Morgan fingerprint density at radius 3 is 2.62 bits per heavy atom. The van der Waals surface area contributed by atoms with Crippen molar-refractivity contribution in [3.8, 4) is 0 Å². The Morgan fingerprint density at radius 2 is 2.00 bits per heavy atom.